The largest absolute Gasteiger partial charge is 0.453 e. The van der Waals surface area contributed by atoms with E-state index in [0.717, 1.165) is 31.2 Å². The minimum Gasteiger partial charge on any atom is -0.453 e. The van der Waals surface area contributed by atoms with E-state index in [4.69, 9.17) is 21.1 Å². The van der Waals surface area contributed by atoms with Crippen molar-refractivity contribution >= 4 is 17.9 Å². The Morgan fingerprint density at radius 3 is 2.94 bits per heavy atom. The number of halogens is 1. The van der Waals surface area contributed by atoms with Crippen molar-refractivity contribution < 1.29 is 14.3 Å². The highest BCUT2D eigenvalue weighted by Crippen LogP contribution is 2.46. The molecule has 2 aliphatic heterocycles. The number of fused-ring (bicyclic) bond motifs is 1. The topological polar surface area (TPSA) is 47.6 Å². The zero-order chi connectivity index (χ0) is 11.8. The van der Waals surface area contributed by atoms with Gasteiger partial charge in [-0.15, -0.1) is 0 Å². The summed E-state index contributed by atoms with van der Waals surface area (Å²) in [6.07, 6.45) is 2.88. The van der Waals surface area contributed by atoms with Crippen molar-refractivity contribution in [1.29, 1.82) is 0 Å². The van der Waals surface area contributed by atoms with Crippen molar-refractivity contribution in [2.24, 2.45) is 0 Å². The lowest BCUT2D eigenvalue weighted by Gasteiger charge is -2.15. The molecule has 17 heavy (non-hydrogen) atoms. The molecule has 0 radical (unpaired) electrons. The van der Waals surface area contributed by atoms with Crippen molar-refractivity contribution in [2.75, 3.05) is 13.3 Å². The van der Waals surface area contributed by atoms with E-state index in [0.29, 0.717) is 22.1 Å². The molecule has 0 amide bonds. The number of benzene rings is 1. The monoisotopic (exact) mass is 253 g/mol. The van der Waals surface area contributed by atoms with Crippen LogP contribution in [0.2, 0.25) is 5.02 Å². The summed E-state index contributed by atoms with van der Waals surface area (Å²) in [6, 6.07) is 1.84. The molecule has 0 aromatic heterocycles. The molecule has 0 spiro atoms. The number of aldehydes is 1. The Morgan fingerprint density at radius 1 is 1.41 bits per heavy atom. The molecule has 0 aliphatic carbocycles. The molecule has 5 heteroatoms. The molecular formula is C12H12ClNO3. The maximum absolute atomic E-state index is 10.9. The van der Waals surface area contributed by atoms with Gasteiger partial charge < -0.3 is 14.8 Å². The van der Waals surface area contributed by atoms with Crippen molar-refractivity contribution in [3.8, 4) is 11.5 Å². The van der Waals surface area contributed by atoms with Crippen molar-refractivity contribution in [2.45, 2.75) is 18.9 Å². The minimum atomic E-state index is 0.149. The van der Waals surface area contributed by atoms with E-state index in [9.17, 15) is 4.79 Å². The van der Waals surface area contributed by atoms with Gasteiger partial charge in [-0.05, 0) is 25.5 Å². The van der Waals surface area contributed by atoms with E-state index >= 15 is 0 Å². The minimum absolute atomic E-state index is 0.149. The first-order chi connectivity index (χ1) is 8.31. The molecule has 1 saturated heterocycles. The lowest BCUT2D eigenvalue weighted by Crippen LogP contribution is -2.14. The summed E-state index contributed by atoms with van der Waals surface area (Å²) in [5.74, 6) is 1.15. The molecule has 4 nitrogen and oxygen atoms in total. The zero-order valence-corrected chi connectivity index (χ0v) is 9.92. The van der Waals surface area contributed by atoms with Crippen LogP contribution in [0.5, 0.6) is 11.5 Å². The third-order valence-electron chi connectivity index (χ3n) is 3.19. The van der Waals surface area contributed by atoms with Crippen LogP contribution in [-0.4, -0.2) is 19.6 Å². The van der Waals surface area contributed by atoms with Gasteiger partial charge in [0.05, 0.1) is 10.6 Å². The highest BCUT2D eigenvalue weighted by Gasteiger charge is 2.30. The van der Waals surface area contributed by atoms with Crippen LogP contribution >= 0.6 is 11.6 Å². The molecule has 2 aliphatic rings. The van der Waals surface area contributed by atoms with Gasteiger partial charge in [-0.2, -0.15) is 0 Å². The summed E-state index contributed by atoms with van der Waals surface area (Å²) in [5, 5.41) is 3.94. The highest BCUT2D eigenvalue weighted by molar-refractivity contribution is 6.32. The molecule has 1 atom stereocenters. The van der Waals surface area contributed by atoms with Gasteiger partial charge >= 0.3 is 0 Å². The van der Waals surface area contributed by atoms with Crippen molar-refractivity contribution in [1.82, 2.24) is 5.32 Å². The Hall–Kier alpha value is -1.26. The van der Waals surface area contributed by atoms with E-state index in [-0.39, 0.29) is 12.8 Å². The lowest BCUT2D eigenvalue weighted by atomic mass is 10.0. The average molecular weight is 254 g/mol. The summed E-state index contributed by atoms with van der Waals surface area (Å²) in [6.45, 7) is 1.13. The maximum Gasteiger partial charge on any atom is 0.231 e. The zero-order valence-electron chi connectivity index (χ0n) is 9.16. The normalized spacial score (nSPS) is 21.8. The molecular weight excluding hydrogens is 242 g/mol. The Balaban J connectivity index is 2.14. The summed E-state index contributed by atoms with van der Waals surface area (Å²) < 4.78 is 10.8. The quantitative estimate of drug-likeness (QED) is 0.822. The van der Waals surface area contributed by atoms with Crippen LogP contribution in [0.4, 0.5) is 0 Å². The molecule has 0 bridgehead atoms. The molecule has 2 heterocycles. The fourth-order valence-electron chi connectivity index (χ4n) is 2.42. The van der Waals surface area contributed by atoms with Gasteiger partial charge in [0.25, 0.3) is 0 Å². The Morgan fingerprint density at radius 2 is 2.24 bits per heavy atom. The van der Waals surface area contributed by atoms with Crippen LogP contribution in [0, 0.1) is 0 Å². The second-order valence-corrected chi connectivity index (χ2v) is 4.60. The van der Waals surface area contributed by atoms with Crippen molar-refractivity contribution in [3.05, 3.63) is 22.2 Å². The van der Waals surface area contributed by atoms with E-state index in [2.05, 4.69) is 5.32 Å². The van der Waals surface area contributed by atoms with Crippen LogP contribution in [0.25, 0.3) is 0 Å². The van der Waals surface area contributed by atoms with Gasteiger partial charge in [0.15, 0.2) is 17.8 Å². The van der Waals surface area contributed by atoms with E-state index < -0.39 is 0 Å². The fourth-order valence-corrected chi connectivity index (χ4v) is 2.76. The second-order valence-electron chi connectivity index (χ2n) is 4.19. The summed E-state index contributed by atoms with van der Waals surface area (Å²) in [5.41, 5.74) is 1.37. The molecule has 1 unspecified atom stereocenters. The molecule has 0 saturated carbocycles. The van der Waals surface area contributed by atoms with Crippen LogP contribution in [-0.2, 0) is 0 Å². The highest BCUT2D eigenvalue weighted by atomic mass is 35.5. The number of nitrogens with one attached hydrogen (secondary N) is 1. The predicted molar refractivity (Wildman–Crippen MR) is 62.9 cm³/mol. The fraction of sp³-hybridized carbons (Fsp3) is 0.417. The Bertz CT molecular complexity index is 469. The smallest absolute Gasteiger partial charge is 0.231 e. The lowest BCUT2D eigenvalue weighted by molar-refractivity contribution is 0.111. The van der Waals surface area contributed by atoms with E-state index in [1.54, 1.807) is 6.07 Å². The number of carbonyl (C=O) groups excluding carboxylic acids is 1. The number of carbonyl (C=O) groups is 1. The number of ether oxygens (including phenoxy) is 2. The molecule has 1 fully saturated rings. The first-order valence-electron chi connectivity index (χ1n) is 5.62. The Labute approximate surface area is 104 Å². The van der Waals surface area contributed by atoms with Gasteiger partial charge in [0, 0.05) is 11.6 Å². The first kappa shape index (κ1) is 10.9. The molecule has 1 N–H and O–H groups in total. The Kier molecular flexibility index (Phi) is 2.68. The van der Waals surface area contributed by atoms with Crippen molar-refractivity contribution in [3.63, 3.8) is 0 Å². The van der Waals surface area contributed by atoms with Crippen LogP contribution < -0.4 is 14.8 Å². The molecule has 3 rings (SSSR count). The maximum atomic E-state index is 10.9. The molecule has 1 aromatic rings. The van der Waals surface area contributed by atoms with E-state index in [1.165, 1.54) is 0 Å². The predicted octanol–water partition coefficient (Wildman–Crippen LogP) is 2.31. The standard InChI is InChI=1S/C12H12ClNO3/c13-8-4-7(5-15)11-12(17-6-16-11)10(8)9-2-1-3-14-9/h4-5,9,14H,1-3,6H2. The molecule has 1 aromatic carbocycles. The second kappa shape index (κ2) is 4.20. The summed E-state index contributed by atoms with van der Waals surface area (Å²) in [7, 11) is 0. The number of hydrogen-bond donors (Lipinski definition) is 1. The summed E-state index contributed by atoms with van der Waals surface area (Å²) >= 11 is 6.24. The summed E-state index contributed by atoms with van der Waals surface area (Å²) in [4.78, 5) is 10.9. The van der Waals surface area contributed by atoms with Crippen LogP contribution in [0.15, 0.2) is 6.07 Å². The van der Waals surface area contributed by atoms with Gasteiger partial charge in [0.2, 0.25) is 6.79 Å². The van der Waals surface area contributed by atoms with E-state index in [1.807, 2.05) is 0 Å². The molecule has 90 valence electrons. The van der Waals surface area contributed by atoms with Crippen LogP contribution in [0.3, 0.4) is 0 Å². The average Bonchev–Trinajstić information content (AvgIpc) is 2.97. The third kappa shape index (κ3) is 1.68. The number of rotatable bonds is 2. The van der Waals surface area contributed by atoms with Gasteiger partial charge in [0.1, 0.15) is 0 Å². The van der Waals surface area contributed by atoms with Crippen LogP contribution in [0.1, 0.15) is 34.8 Å². The van der Waals surface area contributed by atoms with Gasteiger partial charge in [-0.25, -0.2) is 0 Å². The number of hydrogen-bond acceptors (Lipinski definition) is 4. The first-order valence-corrected chi connectivity index (χ1v) is 5.99. The SMILES string of the molecule is O=Cc1cc(Cl)c(C2CCCN2)c2c1OCO2. The van der Waals surface area contributed by atoms with Gasteiger partial charge in [-0.3, -0.25) is 4.79 Å². The third-order valence-corrected chi connectivity index (χ3v) is 3.51. The van der Waals surface area contributed by atoms with Gasteiger partial charge in [-0.1, -0.05) is 11.6 Å².